The minimum Gasteiger partial charge on any atom is -0.399 e. The molecule has 4 N–H and O–H groups in total. The molecule has 1 aliphatic carbocycles. The van der Waals surface area contributed by atoms with Gasteiger partial charge < -0.3 is 16.4 Å². The lowest BCUT2D eigenvalue weighted by atomic mass is 9.87. The maximum Gasteiger partial charge on any atom is 0.251 e. The molecule has 4 rings (SSSR count). The second kappa shape index (κ2) is 6.68. The minimum atomic E-state index is -0.125. The maximum absolute atomic E-state index is 12.8. The summed E-state index contributed by atoms with van der Waals surface area (Å²) in [5.41, 5.74) is 10.3. The SMILES string of the molecule is CC1Sc2ccc(C(=O)NC3CCCc4cc(N)ccc43)cc2NC1=O. The number of hydrogen-bond donors (Lipinski definition) is 3. The summed E-state index contributed by atoms with van der Waals surface area (Å²) >= 11 is 1.51. The largest absolute Gasteiger partial charge is 0.399 e. The van der Waals surface area contributed by atoms with Crippen LogP contribution in [0.1, 0.15) is 47.3 Å². The number of fused-ring (bicyclic) bond motifs is 2. The lowest BCUT2D eigenvalue weighted by Gasteiger charge is -2.27. The Morgan fingerprint density at radius 1 is 1.27 bits per heavy atom. The Kier molecular flexibility index (Phi) is 4.36. The maximum atomic E-state index is 12.8. The average Bonchev–Trinajstić information content (AvgIpc) is 2.62. The number of nitrogens with one attached hydrogen (secondary N) is 2. The van der Waals surface area contributed by atoms with Gasteiger partial charge in [0.05, 0.1) is 17.0 Å². The van der Waals surface area contributed by atoms with Gasteiger partial charge in [0.15, 0.2) is 0 Å². The van der Waals surface area contributed by atoms with Crippen molar-refractivity contribution < 1.29 is 9.59 Å². The van der Waals surface area contributed by atoms with Crippen LogP contribution in [-0.4, -0.2) is 17.1 Å². The van der Waals surface area contributed by atoms with Crippen LogP contribution in [-0.2, 0) is 11.2 Å². The first kappa shape index (κ1) is 17.0. The van der Waals surface area contributed by atoms with E-state index in [9.17, 15) is 9.59 Å². The van der Waals surface area contributed by atoms with Gasteiger partial charge in [-0.05, 0) is 67.6 Å². The molecule has 6 heteroatoms. The molecule has 1 aliphatic heterocycles. The number of carbonyl (C=O) groups excluding carboxylic acids is 2. The molecule has 2 atom stereocenters. The molecule has 0 bridgehead atoms. The normalized spacial score (nSPS) is 21.3. The summed E-state index contributed by atoms with van der Waals surface area (Å²) in [6.07, 6.45) is 2.93. The molecule has 0 saturated heterocycles. The summed E-state index contributed by atoms with van der Waals surface area (Å²) in [4.78, 5) is 25.6. The monoisotopic (exact) mass is 367 g/mol. The van der Waals surface area contributed by atoms with E-state index in [4.69, 9.17) is 5.73 Å². The summed E-state index contributed by atoms with van der Waals surface area (Å²) < 4.78 is 0. The third-order valence-electron chi connectivity index (χ3n) is 4.96. The van der Waals surface area contributed by atoms with E-state index in [0.29, 0.717) is 11.3 Å². The van der Waals surface area contributed by atoms with Crippen molar-refractivity contribution in [2.75, 3.05) is 11.1 Å². The number of anilines is 2. The average molecular weight is 367 g/mol. The molecule has 2 amide bonds. The number of benzene rings is 2. The predicted octanol–water partition coefficient (Wildman–Crippen LogP) is 3.51. The van der Waals surface area contributed by atoms with Gasteiger partial charge in [0.25, 0.3) is 5.91 Å². The van der Waals surface area contributed by atoms with E-state index >= 15 is 0 Å². The molecular weight excluding hydrogens is 346 g/mol. The lowest BCUT2D eigenvalue weighted by Crippen LogP contribution is -2.31. The Morgan fingerprint density at radius 3 is 2.96 bits per heavy atom. The number of nitrogen functional groups attached to an aromatic ring is 1. The van der Waals surface area contributed by atoms with Gasteiger partial charge in [-0.2, -0.15) is 0 Å². The number of aryl methyl sites for hydroxylation is 1. The highest BCUT2D eigenvalue weighted by molar-refractivity contribution is 8.00. The standard InChI is InChI=1S/C20H21N3O2S/c1-11-19(24)23-17-10-13(5-8-18(17)26-11)20(25)22-16-4-2-3-12-9-14(21)6-7-15(12)16/h5-11,16H,2-4,21H2,1H3,(H,22,25)(H,23,24). The third-order valence-corrected chi connectivity index (χ3v) is 6.14. The van der Waals surface area contributed by atoms with Gasteiger partial charge >= 0.3 is 0 Å². The highest BCUT2D eigenvalue weighted by atomic mass is 32.2. The molecule has 2 aromatic carbocycles. The first-order valence-electron chi connectivity index (χ1n) is 8.82. The van der Waals surface area contributed by atoms with Gasteiger partial charge in [-0.3, -0.25) is 9.59 Å². The van der Waals surface area contributed by atoms with Crippen molar-refractivity contribution in [2.24, 2.45) is 0 Å². The number of rotatable bonds is 2. The number of nitrogens with two attached hydrogens (primary N) is 1. The zero-order valence-electron chi connectivity index (χ0n) is 14.5. The fourth-order valence-electron chi connectivity index (χ4n) is 3.58. The highest BCUT2D eigenvalue weighted by Crippen LogP contribution is 2.36. The van der Waals surface area contributed by atoms with Gasteiger partial charge in [0, 0.05) is 16.1 Å². The predicted molar refractivity (Wildman–Crippen MR) is 104 cm³/mol. The summed E-state index contributed by atoms with van der Waals surface area (Å²) in [5, 5.41) is 5.90. The van der Waals surface area contributed by atoms with E-state index in [0.717, 1.165) is 35.4 Å². The molecule has 2 aliphatic rings. The van der Waals surface area contributed by atoms with Gasteiger partial charge in [0.1, 0.15) is 0 Å². The second-order valence-corrected chi connectivity index (χ2v) is 8.22. The van der Waals surface area contributed by atoms with E-state index in [-0.39, 0.29) is 23.1 Å². The molecule has 0 saturated carbocycles. The van der Waals surface area contributed by atoms with Crippen molar-refractivity contribution in [1.82, 2.24) is 5.32 Å². The molecule has 2 unspecified atom stereocenters. The number of amides is 2. The molecule has 0 spiro atoms. The molecule has 0 fully saturated rings. The smallest absolute Gasteiger partial charge is 0.251 e. The van der Waals surface area contributed by atoms with Crippen molar-refractivity contribution in [2.45, 2.75) is 42.4 Å². The van der Waals surface area contributed by atoms with Crippen molar-refractivity contribution in [3.8, 4) is 0 Å². The van der Waals surface area contributed by atoms with Gasteiger partial charge in [0.2, 0.25) is 5.91 Å². The fourth-order valence-corrected chi connectivity index (χ4v) is 4.51. The van der Waals surface area contributed by atoms with E-state index in [2.05, 4.69) is 10.6 Å². The quantitative estimate of drug-likeness (QED) is 0.709. The van der Waals surface area contributed by atoms with Crippen LogP contribution in [0.4, 0.5) is 11.4 Å². The first-order chi connectivity index (χ1) is 12.5. The Hall–Kier alpha value is -2.47. The molecule has 0 radical (unpaired) electrons. The van der Waals surface area contributed by atoms with Gasteiger partial charge in [-0.15, -0.1) is 11.8 Å². The van der Waals surface area contributed by atoms with E-state index in [1.807, 2.05) is 37.3 Å². The molecule has 0 aromatic heterocycles. The topological polar surface area (TPSA) is 84.2 Å². The Bertz CT molecular complexity index is 897. The Morgan fingerprint density at radius 2 is 2.12 bits per heavy atom. The summed E-state index contributed by atoms with van der Waals surface area (Å²) in [6, 6.07) is 11.4. The zero-order valence-corrected chi connectivity index (χ0v) is 15.4. The summed E-state index contributed by atoms with van der Waals surface area (Å²) in [7, 11) is 0. The van der Waals surface area contributed by atoms with Crippen LogP contribution < -0.4 is 16.4 Å². The minimum absolute atomic E-state index is 0.00753. The number of thioether (sulfide) groups is 1. The molecule has 1 heterocycles. The van der Waals surface area contributed by atoms with Crippen molar-refractivity contribution in [3.63, 3.8) is 0 Å². The molecule has 26 heavy (non-hydrogen) atoms. The van der Waals surface area contributed by atoms with Crippen LogP contribution in [0.2, 0.25) is 0 Å². The molecule has 134 valence electrons. The van der Waals surface area contributed by atoms with Crippen LogP contribution in [0, 0.1) is 0 Å². The summed E-state index contributed by atoms with van der Waals surface area (Å²) in [5.74, 6) is -0.154. The molecule has 2 aromatic rings. The zero-order chi connectivity index (χ0) is 18.3. The fraction of sp³-hybridized carbons (Fsp3) is 0.300. The van der Waals surface area contributed by atoms with Crippen LogP contribution in [0.3, 0.4) is 0 Å². The van der Waals surface area contributed by atoms with Crippen molar-refractivity contribution in [1.29, 1.82) is 0 Å². The van der Waals surface area contributed by atoms with Crippen molar-refractivity contribution in [3.05, 3.63) is 53.1 Å². The molecule has 5 nitrogen and oxygen atoms in total. The Labute approximate surface area is 156 Å². The van der Waals surface area contributed by atoms with E-state index in [1.54, 1.807) is 6.07 Å². The van der Waals surface area contributed by atoms with Crippen molar-refractivity contribution >= 4 is 35.0 Å². The number of carbonyl (C=O) groups is 2. The van der Waals surface area contributed by atoms with Crippen LogP contribution in [0.25, 0.3) is 0 Å². The molecular formula is C20H21N3O2S. The van der Waals surface area contributed by atoms with Crippen LogP contribution in [0.15, 0.2) is 41.3 Å². The van der Waals surface area contributed by atoms with Gasteiger partial charge in [-0.1, -0.05) is 6.07 Å². The first-order valence-corrected chi connectivity index (χ1v) is 9.70. The van der Waals surface area contributed by atoms with E-state index < -0.39 is 0 Å². The summed E-state index contributed by atoms with van der Waals surface area (Å²) in [6.45, 7) is 1.87. The van der Waals surface area contributed by atoms with Crippen LogP contribution >= 0.6 is 11.8 Å². The van der Waals surface area contributed by atoms with Gasteiger partial charge in [-0.25, -0.2) is 0 Å². The second-order valence-electron chi connectivity index (χ2n) is 6.84. The lowest BCUT2D eigenvalue weighted by molar-refractivity contribution is -0.115. The third kappa shape index (κ3) is 3.17. The Balaban J connectivity index is 1.55. The highest BCUT2D eigenvalue weighted by Gasteiger charge is 2.25. The van der Waals surface area contributed by atoms with Crippen LogP contribution in [0.5, 0.6) is 0 Å². The van der Waals surface area contributed by atoms with E-state index in [1.165, 1.54) is 17.3 Å². The number of hydrogen-bond acceptors (Lipinski definition) is 4.